The van der Waals surface area contributed by atoms with Crippen LogP contribution in [0.1, 0.15) is 28.5 Å². The van der Waals surface area contributed by atoms with Crippen molar-refractivity contribution < 1.29 is 14.6 Å². The van der Waals surface area contributed by atoms with Crippen LogP contribution in [-0.4, -0.2) is 23.2 Å². The second-order valence-electron chi connectivity index (χ2n) is 5.04. The summed E-state index contributed by atoms with van der Waals surface area (Å²) in [5, 5.41) is 19.0. The Morgan fingerprint density at radius 3 is 2.62 bits per heavy atom. The highest BCUT2D eigenvalue weighted by atomic mass is 32.1. The first-order chi connectivity index (χ1) is 12.4. The van der Waals surface area contributed by atoms with Crippen LogP contribution in [0.2, 0.25) is 0 Å². The maximum Gasteiger partial charge on any atom is 0.347 e. The maximum atomic E-state index is 11.0. The normalized spacial score (nSPS) is 13.2. The highest BCUT2D eigenvalue weighted by Gasteiger charge is 2.12. The van der Waals surface area contributed by atoms with Crippen molar-refractivity contribution in [2.75, 3.05) is 7.11 Å². The van der Waals surface area contributed by atoms with Crippen LogP contribution in [-0.2, 0) is 4.74 Å². The zero-order valence-corrected chi connectivity index (χ0v) is 15.8. The van der Waals surface area contributed by atoms with Crippen molar-refractivity contribution in [1.82, 2.24) is 4.98 Å². The Hall–Kier alpha value is -3.17. The van der Waals surface area contributed by atoms with E-state index in [4.69, 9.17) is 9.84 Å². The number of aromatic carboxylic acids is 1. The molecule has 1 N–H and O–H groups in total. The van der Waals surface area contributed by atoms with E-state index in [1.54, 1.807) is 37.5 Å². The number of rotatable bonds is 8. The zero-order chi connectivity index (χ0) is 19.7. The summed E-state index contributed by atoms with van der Waals surface area (Å²) >= 11 is 1.01. The van der Waals surface area contributed by atoms with Crippen LogP contribution in [0.5, 0.6) is 0 Å². The highest BCUT2D eigenvalue weighted by Crippen LogP contribution is 2.26. The number of allylic oxidation sites excluding steroid dienone is 10. The van der Waals surface area contributed by atoms with E-state index in [0.29, 0.717) is 21.7 Å². The average molecular weight is 368 g/mol. The van der Waals surface area contributed by atoms with Gasteiger partial charge < -0.3 is 9.84 Å². The number of carbonyl (C=O) groups is 1. The van der Waals surface area contributed by atoms with Gasteiger partial charge in [-0.3, -0.25) is 0 Å². The summed E-state index contributed by atoms with van der Waals surface area (Å²) in [6.07, 6.45) is 9.90. The largest absolute Gasteiger partial charge is 0.501 e. The van der Waals surface area contributed by atoms with Crippen LogP contribution >= 0.6 is 11.3 Å². The standard InChI is InChI=1S/C20H20N2O3S/c1-6-15(9-8-14(4)25-5)17(7-2)16(11-21)10-13(3)19-22-12-18(26-19)20(23)24/h6-10,12H,1,3H2,2,4-5H3,(H,23,24)/b14-8+,15-9+,16-10-,17-7-. The van der Waals surface area contributed by atoms with E-state index in [2.05, 4.69) is 24.2 Å². The summed E-state index contributed by atoms with van der Waals surface area (Å²) in [6.45, 7) is 11.3. The van der Waals surface area contributed by atoms with E-state index in [9.17, 15) is 10.1 Å². The molecule has 0 spiro atoms. The van der Waals surface area contributed by atoms with Gasteiger partial charge in [0.1, 0.15) is 9.88 Å². The Morgan fingerprint density at radius 2 is 2.15 bits per heavy atom. The van der Waals surface area contributed by atoms with E-state index in [0.717, 1.165) is 22.7 Å². The molecule has 0 fully saturated rings. The summed E-state index contributed by atoms with van der Waals surface area (Å²) in [7, 11) is 1.58. The van der Waals surface area contributed by atoms with E-state index < -0.39 is 5.97 Å². The third-order valence-corrected chi connectivity index (χ3v) is 4.42. The Morgan fingerprint density at radius 1 is 1.46 bits per heavy atom. The Balaban J connectivity index is 3.26. The number of carboxylic acids is 1. The van der Waals surface area contributed by atoms with Crippen LogP contribution in [0.4, 0.5) is 0 Å². The lowest BCUT2D eigenvalue weighted by molar-refractivity contribution is 0.0702. The molecule has 0 amide bonds. The fourth-order valence-electron chi connectivity index (χ4n) is 1.95. The molecule has 0 aliphatic heterocycles. The summed E-state index contributed by atoms with van der Waals surface area (Å²) in [5.41, 5.74) is 2.26. The minimum absolute atomic E-state index is 0.117. The fraction of sp³-hybridized carbons (Fsp3) is 0.150. The van der Waals surface area contributed by atoms with Crippen molar-refractivity contribution in [3.8, 4) is 6.07 Å². The third-order valence-electron chi connectivity index (χ3n) is 3.36. The van der Waals surface area contributed by atoms with E-state index in [1.165, 1.54) is 6.20 Å². The molecule has 0 unspecified atom stereocenters. The van der Waals surface area contributed by atoms with Gasteiger partial charge in [-0.25, -0.2) is 9.78 Å². The first-order valence-corrected chi connectivity index (χ1v) is 8.41. The lowest BCUT2D eigenvalue weighted by Crippen LogP contribution is -1.92. The molecule has 0 saturated heterocycles. The summed E-state index contributed by atoms with van der Waals surface area (Å²) in [5.74, 6) is -0.326. The molecule has 1 aromatic rings. The molecular weight excluding hydrogens is 348 g/mol. The Kier molecular flexibility index (Phi) is 8.00. The van der Waals surface area contributed by atoms with Crippen molar-refractivity contribution in [2.24, 2.45) is 0 Å². The number of methoxy groups -OCH3 is 1. The smallest absolute Gasteiger partial charge is 0.347 e. The van der Waals surface area contributed by atoms with E-state index >= 15 is 0 Å². The van der Waals surface area contributed by atoms with Gasteiger partial charge in [0.25, 0.3) is 0 Å². The molecule has 1 heterocycles. The number of nitrogens with zero attached hydrogens (tertiary/aromatic N) is 2. The van der Waals surface area contributed by atoms with Gasteiger partial charge in [0, 0.05) is 5.57 Å². The maximum absolute atomic E-state index is 11.0. The molecule has 6 heteroatoms. The molecule has 1 rings (SSSR count). The van der Waals surface area contributed by atoms with Crippen molar-refractivity contribution in [1.29, 1.82) is 5.26 Å². The van der Waals surface area contributed by atoms with Crippen molar-refractivity contribution >= 4 is 22.9 Å². The van der Waals surface area contributed by atoms with Gasteiger partial charge in [-0.15, -0.1) is 11.3 Å². The number of ether oxygens (including phenoxy) is 1. The zero-order valence-electron chi connectivity index (χ0n) is 14.9. The summed E-state index contributed by atoms with van der Waals surface area (Å²) in [6, 6.07) is 2.15. The van der Waals surface area contributed by atoms with Gasteiger partial charge in [-0.2, -0.15) is 5.26 Å². The molecule has 134 valence electrons. The minimum Gasteiger partial charge on any atom is -0.501 e. The fourth-order valence-corrected chi connectivity index (χ4v) is 2.64. The predicted molar refractivity (Wildman–Crippen MR) is 105 cm³/mol. The Labute approximate surface area is 157 Å². The van der Waals surface area contributed by atoms with Gasteiger partial charge >= 0.3 is 5.97 Å². The topological polar surface area (TPSA) is 83.2 Å². The quantitative estimate of drug-likeness (QED) is 0.400. The lowest BCUT2D eigenvalue weighted by atomic mass is 9.96. The van der Waals surface area contributed by atoms with Crippen LogP contribution in [0.3, 0.4) is 0 Å². The number of nitriles is 1. The number of thiazole rings is 1. The second-order valence-corrected chi connectivity index (χ2v) is 6.07. The third kappa shape index (κ3) is 5.43. The molecule has 0 atom stereocenters. The van der Waals surface area contributed by atoms with E-state index in [-0.39, 0.29) is 4.88 Å². The van der Waals surface area contributed by atoms with Crippen LogP contribution in [0.15, 0.2) is 72.2 Å². The van der Waals surface area contributed by atoms with Crippen molar-refractivity contribution in [2.45, 2.75) is 13.8 Å². The molecule has 0 radical (unpaired) electrons. The molecule has 5 nitrogen and oxygen atoms in total. The monoisotopic (exact) mass is 368 g/mol. The van der Waals surface area contributed by atoms with Gasteiger partial charge in [0.15, 0.2) is 0 Å². The van der Waals surface area contributed by atoms with Crippen molar-refractivity contribution in [3.63, 3.8) is 0 Å². The molecular formula is C20H20N2O3S. The van der Waals surface area contributed by atoms with Crippen LogP contribution in [0.25, 0.3) is 5.57 Å². The van der Waals surface area contributed by atoms with Crippen LogP contribution < -0.4 is 0 Å². The second kappa shape index (κ2) is 9.97. The molecule has 0 aliphatic rings. The SMILES string of the molecule is C=CC(=C\C=C(/C)OC)/C(=C/C)C(/C#N)=C\C(=C)c1ncc(C(=O)O)s1. The molecule has 26 heavy (non-hydrogen) atoms. The van der Waals surface area contributed by atoms with Crippen molar-refractivity contribution in [3.05, 3.63) is 82.1 Å². The molecule has 1 aromatic heterocycles. The molecule has 0 bridgehead atoms. The van der Waals surface area contributed by atoms with Crippen LogP contribution in [0, 0.1) is 11.3 Å². The Bertz CT molecular complexity index is 877. The number of hydrogen-bond acceptors (Lipinski definition) is 5. The number of aromatic nitrogens is 1. The molecule has 0 saturated carbocycles. The predicted octanol–water partition coefficient (Wildman–Crippen LogP) is 4.91. The number of hydrogen-bond donors (Lipinski definition) is 1. The molecule has 0 aromatic carbocycles. The van der Waals surface area contributed by atoms with Gasteiger partial charge in [-0.05, 0) is 37.1 Å². The highest BCUT2D eigenvalue weighted by molar-refractivity contribution is 7.14. The lowest BCUT2D eigenvalue weighted by Gasteiger charge is -2.07. The average Bonchev–Trinajstić information content (AvgIpc) is 3.13. The van der Waals surface area contributed by atoms with E-state index in [1.807, 2.05) is 13.8 Å². The van der Waals surface area contributed by atoms with Gasteiger partial charge in [-0.1, -0.05) is 31.4 Å². The first kappa shape index (κ1) is 20.9. The summed E-state index contributed by atoms with van der Waals surface area (Å²) < 4.78 is 5.10. The van der Waals surface area contributed by atoms with Gasteiger partial charge in [0.2, 0.25) is 0 Å². The first-order valence-electron chi connectivity index (χ1n) is 7.60. The summed E-state index contributed by atoms with van der Waals surface area (Å²) in [4.78, 5) is 15.1. The number of carboxylic acid groups (broad SMARTS) is 1. The minimum atomic E-state index is -1.04. The van der Waals surface area contributed by atoms with Gasteiger partial charge in [0.05, 0.1) is 30.7 Å². The molecule has 0 aliphatic carbocycles.